The second kappa shape index (κ2) is 6.87. The Kier molecular flexibility index (Phi) is 5.08. The minimum absolute atomic E-state index is 0.0869. The fraction of sp³-hybridized carbons (Fsp3) is 0.650. The minimum atomic E-state index is -3.85. The molecule has 0 atom stereocenters. The molecule has 1 aromatic rings. The Morgan fingerprint density at radius 1 is 1.08 bits per heavy atom. The summed E-state index contributed by atoms with van der Waals surface area (Å²) in [5, 5.41) is 0. The molecule has 0 aliphatic heterocycles. The summed E-state index contributed by atoms with van der Waals surface area (Å²) in [7, 11) is -2.33. The number of amides is 1. The zero-order valence-corrected chi connectivity index (χ0v) is 16.7. The van der Waals surface area contributed by atoms with Crippen molar-refractivity contribution in [3.63, 3.8) is 0 Å². The molecule has 6 heteroatoms. The van der Waals surface area contributed by atoms with Crippen LogP contribution in [-0.4, -0.2) is 21.4 Å². The van der Waals surface area contributed by atoms with Gasteiger partial charge in [0.1, 0.15) is 5.75 Å². The van der Waals surface area contributed by atoms with E-state index in [1.165, 1.54) is 25.7 Å². The highest BCUT2D eigenvalue weighted by Crippen LogP contribution is 2.59. The van der Waals surface area contributed by atoms with E-state index in [1.807, 2.05) is 0 Å². The third-order valence-electron chi connectivity index (χ3n) is 6.32. The van der Waals surface area contributed by atoms with Gasteiger partial charge in [0.25, 0.3) is 10.0 Å². The number of hydrogen-bond acceptors (Lipinski definition) is 4. The molecule has 1 amide bonds. The SMILES string of the molecule is COc1ccc(S(=O)(=O)NC(=O)C23CCC(CC(C)C)(CC2)CC3)cc1. The van der Waals surface area contributed by atoms with Crippen molar-refractivity contribution < 1.29 is 17.9 Å². The lowest BCUT2D eigenvalue weighted by Gasteiger charge is -2.53. The summed E-state index contributed by atoms with van der Waals surface area (Å²) < 4.78 is 32.6. The summed E-state index contributed by atoms with van der Waals surface area (Å²) in [5.41, 5.74) is -0.149. The van der Waals surface area contributed by atoms with E-state index in [0.717, 1.165) is 38.5 Å². The van der Waals surface area contributed by atoms with Crippen LogP contribution < -0.4 is 9.46 Å². The van der Waals surface area contributed by atoms with Crippen LogP contribution in [0.2, 0.25) is 0 Å². The predicted octanol–water partition coefficient (Wildman–Crippen LogP) is 3.89. The largest absolute Gasteiger partial charge is 0.497 e. The zero-order chi connectivity index (χ0) is 19.0. The first-order valence-corrected chi connectivity index (χ1v) is 10.9. The highest BCUT2D eigenvalue weighted by atomic mass is 32.2. The van der Waals surface area contributed by atoms with Gasteiger partial charge in [0.15, 0.2) is 0 Å². The summed E-state index contributed by atoms with van der Waals surface area (Å²) in [5.74, 6) is 0.908. The molecule has 4 rings (SSSR count). The van der Waals surface area contributed by atoms with E-state index in [2.05, 4.69) is 18.6 Å². The summed E-state index contributed by atoms with van der Waals surface area (Å²) in [6.07, 6.45) is 6.68. The Balaban J connectivity index is 1.70. The normalized spacial score (nSPS) is 28.2. The van der Waals surface area contributed by atoms with Crippen LogP contribution >= 0.6 is 0 Å². The maximum Gasteiger partial charge on any atom is 0.264 e. The molecule has 0 spiro atoms. The van der Waals surface area contributed by atoms with Crippen LogP contribution in [0.5, 0.6) is 5.75 Å². The first-order chi connectivity index (χ1) is 12.2. The van der Waals surface area contributed by atoms with Crippen LogP contribution in [0.4, 0.5) is 0 Å². The lowest BCUT2D eigenvalue weighted by Crippen LogP contribution is -2.51. The van der Waals surface area contributed by atoms with Gasteiger partial charge in [-0.15, -0.1) is 0 Å². The lowest BCUT2D eigenvalue weighted by atomic mass is 9.52. The van der Waals surface area contributed by atoms with Crippen molar-refractivity contribution in [2.24, 2.45) is 16.7 Å². The molecule has 1 N–H and O–H groups in total. The van der Waals surface area contributed by atoms with Crippen molar-refractivity contribution >= 4 is 15.9 Å². The topological polar surface area (TPSA) is 72.5 Å². The number of benzene rings is 1. The Bertz CT molecular complexity index is 743. The van der Waals surface area contributed by atoms with Crippen LogP contribution in [0.3, 0.4) is 0 Å². The van der Waals surface area contributed by atoms with Gasteiger partial charge in [-0.1, -0.05) is 13.8 Å². The van der Waals surface area contributed by atoms with Gasteiger partial charge in [0.2, 0.25) is 5.91 Å². The van der Waals surface area contributed by atoms with Gasteiger partial charge in [-0.05, 0) is 80.5 Å². The molecule has 26 heavy (non-hydrogen) atoms. The van der Waals surface area contributed by atoms with Crippen LogP contribution in [0.1, 0.15) is 58.8 Å². The first-order valence-electron chi connectivity index (χ1n) is 9.42. The monoisotopic (exact) mass is 379 g/mol. The quantitative estimate of drug-likeness (QED) is 0.814. The molecule has 5 nitrogen and oxygen atoms in total. The standard InChI is InChI=1S/C20H29NO4S/c1-15(2)14-19-8-11-20(12-9-19,13-10-19)18(22)21-26(23,24)17-6-4-16(25-3)5-7-17/h4-7,15H,8-14H2,1-3H3,(H,21,22). The molecule has 0 aromatic heterocycles. The minimum Gasteiger partial charge on any atom is -0.497 e. The summed E-state index contributed by atoms with van der Waals surface area (Å²) >= 11 is 0. The van der Waals surface area contributed by atoms with Gasteiger partial charge in [-0.3, -0.25) is 4.79 Å². The van der Waals surface area contributed by atoms with Gasteiger partial charge in [-0.25, -0.2) is 13.1 Å². The molecule has 3 saturated carbocycles. The Hall–Kier alpha value is -1.56. The van der Waals surface area contributed by atoms with E-state index in [4.69, 9.17) is 4.74 Å². The highest BCUT2D eigenvalue weighted by molar-refractivity contribution is 7.90. The molecule has 0 unspecified atom stereocenters. The predicted molar refractivity (Wildman–Crippen MR) is 100 cm³/mol. The maximum atomic E-state index is 12.9. The number of methoxy groups -OCH3 is 1. The molecule has 3 aliphatic rings. The van der Waals surface area contributed by atoms with E-state index in [1.54, 1.807) is 12.1 Å². The number of ether oxygens (including phenoxy) is 1. The van der Waals surface area contributed by atoms with Gasteiger partial charge < -0.3 is 4.74 Å². The summed E-state index contributed by atoms with van der Waals surface area (Å²) in [6.45, 7) is 4.50. The van der Waals surface area contributed by atoms with E-state index in [9.17, 15) is 13.2 Å². The Morgan fingerprint density at radius 2 is 1.62 bits per heavy atom. The Labute approximate surface area is 156 Å². The zero-order valence-electron chi connectivity index (χ0n) is 15.9. The fourth-order valence-electron chi connectivity index (χ4n) is 4.82. The molecule has 2 bridgehead atoms. The number of carbonyl (C=O) groups is 1. The lowest BCUT2D eigenvalue weighted by molar-refractivity contribution is -0.139. The molecular formula is C20H29NO4S. The van der Waals surface area contributed by atoms with E-state index >= 15 is 0 Å². The van der Waals surface area contributed by atoms with Crippen LogP contribution in [-0.2, 0) is 14.8 Å². The Morgan fingerprint density at radius 3 is 2.08 bits per heavy atom. The van der Waals surface area contributed by atoms with Crippen molar-refractivity contribution in [2.45, 2.75) is 63.7 Å². The van der Waals surface area contributed by atoms with Gasteiger partial charge in [0.05, 0.1) is 17.4 Å². The van der Waals surface area contributed by atoms with Crippen LogP contribution in [0, 0.1) is 16.7 Å². The average molecular weight is 380 g/mol. The van der Waals surface area contributed by atoms with Crippen molar-refractivity contribution in [3.05, 3.63) is 24.3 Å². The summed E-state index contributed by atoms with van der Waals surface area (Å²) in [6, 6.07) is 6.08. The number of nitrogens with one attached hydrogen (secondary N) is 1. The van der Waals surface area contributed by atoms with Crippen LogP contribution in [0.25, 0.3) is 0 Å². The smallest absolute Gasteiger partial charge is 0.264 e. The average Bonchev–Trinajstić information content (AvgIpc) is 2.62. The van der Waals surface area contributed by atoms with Crippen LogP contribution in [0.15, 0.2) is 29.2 Å². The molecule has 3 fully saturated rings. The van der Waals surface area contributed by atoms with Crippen molar-refractivity contribution in [1.29, 1.82) is 0 Å². The second-order valence-electron chi connectivity index (χ2n) is 8.49. The maximum absolute atomic E-state index is 12.9. The number of carbonyl (C=O) groups excluding carboxylic acids is 1. The number of rotatable bonds is 6. The molecule has 0 heterocycles. The molecule has 3 aliphatic carbocycles. The van der Waals surface area contributed by atoms with Crippen molar-refractivity contribution in [2.75, 3.05) is 7.11 Å². The summed E-state index contributed by atoms with van der Waals surface area (Å²) in [4.78, 5) is 13.0. The molecule has 144 valence electrons. The third kappa shape index (κ3) is 3.61. The van der Waals surface area contributed by atoms with E-state index in [0.29, 0.717) is 17.1 Å². The molecule has 0 radical (unpaired) electrons. The highest BCUT2D eigenvalue weighted by Gasteiger charge is 2.52. The molecule has 0 saturated heterocycles. The van der Waals surface area contributed by atoms with Crippen molar-refractivity contribution in [3.8, 4) is 5.75 Å². The van der Waals surface area contributed by atoms with E-state index < -0.39 is 15.4 Å². The molecule has 1 aromatic carbocycles. The number of hydrogen-bond donors (Lipinski definition) is 1. The number of fused-ring (bicyclic) bond motifs is 3. The van der Waals surface area contributed by atoms with Gasteiger partial charge >= 0.3 is 0 Å². The molecular weight excluding hydrogens is 350 g/mol. The van der Waals surface area contributed by atoms with Crippen molar-refractivity contribution in [1.82, 2.24) is 4.72 Å². The third-order valence-corrected chi connectivity index (χ3v) is 7.67. The fourth-order valence-corrected chi connectivity index (χ4v) is 5.89. The van der Waals surface area contributed by atoms with Gasteiger partial charge in [-0.2, -0.15) is 0 Å². The number of sulfonamides is 1. The van der Waals surface area contributed by atoms with E-state index in [-0.39, 0.29) is 10.8 Å². The first kappa shape index (κ1) is 19.2. The van der Waals surface area contributed by atoms with Gasteiger partial charge in [0, 0.05) is 0 Å². The second-order valence-corrected chi connectivity index (χ2v) is 10.2.